The molecule has 0 aliphatic carbocycles. The van der Waals surface area contributed by atoms with Crippen LogP contribution >= 0.6 is 0 Å². The lowest BCUT2D eigenvalue weighted by molar-refractivity contribution is -0.150. The molecule has 256 valence electrons. The molecule has 0 aromatic rings. The number of nitrogens with zero attached hydrogens (tertiary/aromatic N) is 1. The molecule has 0 heterocycles. The van der Waals surface area contributed by atoms with Gasteiger partial charge in [-0.05, 0) is 96.8 Å². The van der Waals surface area contributed by atoms with Crippen molar-refractivity contribution in [3.8, 4) is 0 Å². The van der Waals surface area contributed by atoms with E-state index >= 15 is 0 Å². The molecule has 2 N–H and O–H groups in total. The Hall–Kier alpha value is -1.14. The highest BCUT2D eigenvalue weighted by molar-refractivity contribution is 5.69. The first-order chi connectivity index (χ1) is 21.0. The smallest absolute Gasteiger partial charge is 0.306 e. The summed E-state index contributed by atoms with van der Waals surface area (Å²) in [7, 11) is 0. The number of hydrogen-bond donors (Lipinski definition) is 1. The van der Waals surface area contributed by atoms with Gasteiger partial charge in [0.25, 0.3) is 0 Å². The van der Waals surface area contributed by atoms with Crippen molar-refractivity contribution >= 4 is 11.9 Å². The lowest BCUT2D eigenvalue weighted by Gasteiger charge is -2.22. The minimum Gasteiger partial charge on any atom is -0.462 e. The number of ether oxygens (including phenoxy) is 2. The van der Waals surface area contributed by atoms with Crippen LogP contribution < -0.4 is 5.73 Å². The highest BCUT2D eigenvalue weighted by Gasteiger charge is 2.13. The topological polar surface area (TPSA) is 81.9 Å². The predicted molar refractivity (Wildman–Crippen MR) is 183 cm³/mol. The molecule has 0 spiro atoms. The van der Waals surface area contributed by atoms with Crippen LogP contribution in [0.3, 0.4) is 0 Å². The zero-order valence-corrected chi connectivity index (χ0v) is 29.3. The van der Waals surface area contributed by atoms with Gasteiger partial charge in [-0.1, -0.05) is 105 Å². The second-order valence-electron chi connectivity index (χ2n) is 12.8. The van der Waals surface area contributed by atoms with E-state index in [-0.39, 0.29) is 24.1 Å². The molecule has 0 aromatic heterocycles. The molecule has 0 rings (SSSR count). The SMILES string of the molecule is CCCCCC(CC)OC(=O)CCCCCCCCN(CCCN)CCCCCCCCC(=O)OC(CC)CCCCC. The first-order valence-corrected chi connectivity index (χ1v) is 18.8. The zero-order valence-electron chi connectivity index (χ0n) is 29.3. The molecule has 0 amide bonds. The van der Waals surface area contributed by atoms with Crippen molar-refractivity contribution < 1.29 is 19.1 Å². The Morgan fingerprint density at radius 1 is 0.512 bits per heavy atom. The summed E-state index contributed by atoms with van der Waals surface area (Å²) in [6.45, 7) is 12.8. The molecule has 0 fully saturated rings. The van der Waals surface area contributed by atoms with E-state index in [4.69, 9.17) is 15.2 Å². The summed E-state index contributed by atoms with van der Waals surface area (Å²) < 4.78 is 11.4. The summed E-state index contributed by atoms with van der Waals surface area (Å²) in [5.74, 6) is -0.00520. The fourth-order valence-electron chi connectivity index (χ4n) is 5.70. The van der Waals surface area contributed by atoms with Crippen molar-refractivity contribution in [2.45, 2.75) is 200 Å². The number of carbonyl (C=O) groups is 2. The Bertz CT molecular complexity index is 567. The number of carbonyl (C=O) groups excluding carboxylic acids is 2. The standard InChI is InChI=1S/C37H74N2O4/c1-5-9-19-26-34(7-3)42-36(40)28-21-15-11-13-17-23-31-39(33-25-30-38)32-24-18-14-12-16-22-29-37(41)43-35(8-4)27-20-10-6-2/h34-35H,5-33,38H2,1-4H3. The summed E-state index contributed by atoms with van der Waals surface area (Å²) >= 11 is 0. The van der Waals surface area contributed by atoms with Gasteiger partial charge in [-0.15, -0.1) is 0 Å². The quantitative estimate of drug-likeness (QED) is 0.0588. The van der Waals surface area contributed by atoms with E-state index in [9.17, 15) is 9.59 Å². The largest absolute Gasteiger partial charge is 0.462 e. The molecule has 0 saturated carbocycles. The predicted octanol–water partition coefficient (Wildman–Crippen LogP) is 9.90. The van der Waals surface area contributed by atoms with Crippen LogP contribution in [0, 0.1) is 0 Å². The van der Waals surface area contributed by atoms with Crippen LogP contribution in [0.5, 0.6) is 0 Å². The number of unbranched alkanes of at least 4 members (excludes halogenated alkanes) is 14. The minimum atomic E-state index is -0.00260. The van der Waals surface area contributed by atoms with E-state index in [1.807, 2.05) is 0 Å². The van der Waals surface area contributed by atoms with Gasteiger partial charge in [0, 0.05) is 12.8 Å². The third kappa shape index (κ3) is 28.1. The molecule has 0 aliphatic heterocycles. The van der Waals surface area contributed by atoms with Crippen LogP contribution in [-0.4, -0.2) is 55.2 Å². The normalized spacial score (nSPS) is 12.9. The Labute approximate surface area is 268 Å². The molecule has 6 heteroatoms. The van der Waals surface area contributed by atoms with E-state index in [1.54, 1.807) is 0 Å². The number of esters is 2. The zero-order chi connectivity index (χ0) is 31.8. The average Bonchev–Trinajstić information content (AvgIpc) is 3.00. The summed E-state index contributed by atoms with van der Waals surface area (Å²) in [4.78, 5) is 26.9. The van der Waals surface area contributed by atoms with E-state index < -0.39 is 0 Å². The van der Waals surface area contributed by atoms with Gasteiger partial charge in [-0.3, -0.25) is 9.59 Å². The summed E-state index contributed by atoms with van der Waals surface area (Å²) in [5.41, 5.74) is 5.80. The third-order valence-electron chi connectivity index (χ3n) is 8.66. The van der Waals surface area contributed by atoms with Gasteiger partial charge in [0.05, 0.1) is 0 Å². The first kappa shape index (κ1) is 41.9. The van der Waals surface area contributed by atoms with Crippen LogP contribution in [0.2, 0.25) is 0 Å². The molecule has 0 bridgehead atoms. The van der Waals surface area contributed by atoms with E-state index in [0.29, 0.717) is 12.8 Å². The Morgan fingerprint density at radius 2 is 0.884 bits per heavy atom. The molecule has 0 aliphatic rings. The molecule has 0 radical (unpaired) electrons. The van der Waals surface area contributed by atoms with Crippen molar-refractivity contribution in [2.24, 2.45) is 5.73 Å². The van der Waals surface area contributed by atoms with Crippen LogP contribution in [-0.2, 0) is 19.1 Å². The summed E-state index contributed by atoms with van der Waals surface area (Å²) in [5, 5.41) is 0. The molecular formula is C37H74N2O4. The van der Waals surface area contributed by atoms with E-state index in [0.717, 1.165) is 83.7 Å². The number of hydrogen-bond acceptors (Lipinski definition) is 6. The molecule has 6 nitrogen and oxygen atoms in total. The van der Waals surface area contributed by atoms with Crippen molar-refractivity contribution in [3.63, 3.8) is 0 Å². The molecule has 43 heavy (non-hydrogen) atoms. The van der Waals surface area contributed by atoms with Gasteiger partial charge in [0.15, 0.2) is 0 Å². The fraction of sp³-hybridized carbons (Fsp3) is 0.946. The van der Waals surface area contributed by atoms with Gasteiger partial charge in [-0.2, -0.15) is 0 Å². The van der Waals surface area contributed by atoms with Gasteiger partial charge in [0.2, 0.25) is 0 Å². The monoisotopic (exact) mass is 611 g/mol. The van der Waals surface area contributed by atoms with Gasteiger partial charge in [0.1, 0.15) is 12.2 Å². The molecule has 2 unspecified atom stereocenters. The maximum atomic E-state index is 12.2. The first-order valence-electron chi connectivity index (χ1n) is 18.8. The second kappa shape index (κ2) is 32.3. The lowest BCUT2D eigenvalue weighted by Crippen LogP contribution is -2.28. The molecular weight excluding hydrogens is 536 g/mol. The molecule has 0 aromatic carbocycles. The van der Waals surface area contributed by atoms with Crippen molar-refractivity contribution in [2.75, 3.05) is 26.2 Å². The maximum absolute atomic E-state index is 12.2. The van der Waals surface area contributed by atoms with Crippen molar-refractivity contribution in [1.82, 2.24) is 4.90 Å². The third-order valence-corrected chi connectivity index (χ3v) is 8.66. The maximum Gasteiger partial charge on any atom is 0.306 e. The van der Waals surface area contributed by atoms with Crippen LogP contribution in [0.4, 0.5) is 0 Å². The average molecular weight is 611 g/mol. The summed E-state index contributed by atoms with van der Waals surface area (Å²) in [6.07, 6.45) is 27.6. The fourth-order valence-corrected chi connectivity index (χ4v) is 5.70. The minimum absolute atomic E-state index is 0.00260. The van der Waals surface area contributed by atoms with Crippen molar-refractivity contribution in [1.29, 1.82) is 0 Å². The Balaban J connectivity index is 3.84. The lowest BCUT2D eigenvalue weighted by atomic mass is 10.1. The Morgan fingerprint density at radius 3 is 1.26 bits per heavy atom. The van der Waals surface area contributed by atoms with Gasteiger partial charge < -0.3 is 20.1 Å². The summed E-state index contributed by atoms with van der Waals surface area (Å²) in [6, 6.07) is 0. The molecule has 0 saturated heterocycles. The van der Waals surface area contributed by atoms with Crippen LogP contribution in [0.25, 0.3) is 0 Å². The highest BCUT2D eigenvalue weighted by Crippen LogP contribution is 2.15. The van der Waals surface area contributed by atoms with Crippen molar-refractivity contribution in [3.05, 3.63) is 0 Å². The second-order valence-corrected chi connectivity index (χ2v) is 12.8. The number of rotatable bonds is 33. The van der Waals surface area contributed by atoms with E-state index in [2.05, 4.69) is 32.6 Å². The number of nitrogens with two attached hydrogens (primary N) is 1. The van der Waals surface area contributed by atoms with Crippen LogP contribution in [0.1, 0.15) is 188 Å². The Kier molecular flexibility index (Phi) is 31.4. The van der Waals surface area contributed by atoms with Gasteiger partial charge in [-0.25, -0.2) is 0 Å². The van der Waals surface area contributed by atoms with E-state index in [1.165, 1.54) is 90.1 Å². The molecule has 2 atom stereocenters. The van der Waals surface area contributed by atoms with Gasteiger partial charge >= 0.3 is 11.9 Å². The highest BCUT2D eigenvalue weighted by atomic mass is 16.5. The van der Waals surface area contributed by atoms with Crippen LogP contribution in [0.15, 0.2) is 0 Å².